The van der Waals surface area contributed by atoms with Crippen LogP contribution < -0.4 is 10.6 Å². The van der Waals surface area contributed by atoms with Gasteiger partial charge >= 0.3 is 0 Å². The fourth-order valence-corrected chi connectivity index (χ4v) is 2.56. The lowest BCUT2D eigenvalue weighted by atomic mass is 9.82. The van der Waals surface area contributed by atoms with Gasteiger partial charge in [0.1, 0.15) is 0 Å². The van der Waals surface area contributed by atoms with E-state index in [1.165, 1.54) is 0 Å². The summed E-state index contributed by atoms with van der Waals surface area (Å²) in [5.41, 5.74) is 0. The van der Waals surface area contributed by atoms with E-state index in [1.54, 1.807) is 0 Å². The maximum atomic E-state index is 11.5. The molecular formula is C8H11ClN2OS. The maximum Gasteiger partial charge on any atom is 0.231 e. The maximum absolute atomic E-state index is 11.5. The molecule has 3 atom stereocenters. The molecule has 0 radical (unpaired) electrons. The quantitative estimate of drug-likeness (QED) is 0.466. The summed E-state index contributed by atoms with van der Waals surface area (Å²) in [4.78, 5) is 11.5. The third-order valence-electron chi connectivity index (χ3n) is 2.68. The Hall–Kier alpha value is -0.350. The molecule has 2 fully saturated rings. The lowest BCUT2D eigenvalue weighted by Gasteiger charge is -2.37. The van der Waals surface area contributed by atoms with Crippen LogP contribution >= 0.6 is 23.8 Å². The minimum Gasteiger partial charge on any atom is -0.359 e. The molecule has 1 aliphatic heterocycles. The summed E-state index contributed by atoms with van der Waals surface area (Å²) in [6.07, 6.45) is 2.66. The summed E-state index contributed by atoms with van der Waals surface area (Å²) in [5.74, 6) is 0.0297. The summed E-state index contributed by atoms with van der Waals surface area (Å²) >= 11 is 10.9. The first-order valence-corrected chi connectivity index (χ1v) is 5.26. The molecule has 0 bridgehead atoms. The van der Waals surface area contributed by atoms with Gasteiger partial charge in [0.25, 0.3) is 0 Å². The van der Waals surface area contributed by atoms with Gasteiger partial charge in [0.15, 0.2) is 5.11 Å². The number of thiocarbonyl (C=S) groups is 1. The molecule has 3 nitrogen and oxygen atoms in total. The van der Waals surface area contributed by atoms with Gasteiger partial charge in [0.2, 0.25) is 5.91 Å². The molecule has 2 aliphatic rings. The Bertz CT molecular complexity index is 259. The van der Waals surface area contributed by atoms with E-state index in [-0.39, 0.29) is 23.2 Å². The Labute approximate surface area is 87.2 Å². The van der Waals surface area contributed by atoms with Crippen molar-refractivity contribution in [1.29, 1.82) is 0 Å². The first-order valence-electron chi connectivity index (χ1n) is 4.42. The van der Waals surface area contributed by atoms with E-state index in [2.05, 4.69) is 10.6 Å². The molecule has 13 heavy (non-hydrogen) atoms. The number of hydrogen-bond donors (Lipinski definition) is 2. The molecule has 1 saturated carbocycles. The standard InChI is InChI=1S/C8H11ClN2OS/c9-4-1-2-6-5(3-4)7(12)11-8(13)10-6/h4-6H,1-3H2,(H2,10,11,12,13). The number of carbonyl (C=O) groups excluding carboxylic acids is 1. The molecule has 0 aromatic rings. The molecule has 2 N–H and O–H groups in total. The van der Waals surface area contributed by atoms with E-state index in [1.807, 2.05) is 0 Å². The van der Waals surface area contributed by atoms with Crippen molar-refractivity contribution in [3.63, 3.8) is 0 Å². The van der Waals surface area contributed by atoms with Crippen LogP contribution in [0.25, 0.3) is 0 Å². The fraction of sp³-hybridized carbons (Fsp3) is 0.750. The number of amides is 1. The largest absolute Gasteiger partial charge is 0.359 e. The highest BCUT2D eigenvalue weighted by molar-refractivity contribution is 7.80. The number of fused-ring (bicyclic) bond motifs is 1. The van der Waals surface area contributed by atoms with Crippen molar-refractivity contribution in [2.24, 2.45) is 5.92 Å². The third-order valence-corrected chi connectivity index (χ3v) is 3.29. The first kappa shape index (κ1) is 9.21. The second kappa shape index (κ2) is 3.42. The molecule has 1 aliphatic carbocycles. The molecule has 3 unspecified atom stereocenters. The SMILES string of the molecule is O=C1NC(=S)NC2CCC(Cl)CC12. The van der Waals surface area contributed by atoms with Crippen molar-refractivity contribution in [3.8, 4) is 0 Å². The Morgan fingerprint density at radius 1 is 1.46 bits per heavy atom. The Morgan fingerprint density at radius 3 is 3.00 bits per heavy atom. The highest BCUT2D eigenvalue weighted by Crippen LogP contribution is 2.29. The summed E-state index contributed by atoms with van der Waals surface area (Å²) in [6.45, 7) is 0. The average Bonchev–Trinajstić information content (AvgIpc) is 2.06. The number of nitrogens with one attached hydrogen (secondary N) is 2. The lowest BCUT2D eigenvalue weighted by Crippen LogP contribution is -2.59. The monoisotopic (exact) mass is 218 g/mol. The highest BCUT2D eigenvalue weighted by Gasteiger charge is 2.38. The lowest BCUT2D eigenvalue weighted by molar-refractivity contribution is -0.126. The van der Waals surface area contributed by atoms with Crippen LogP contribution in [0.1, 0.15) is 19.3 Å². The van der Waals surface area contributed by atoms with Crippen LogP contribution in [-0.4, -0.2) is 22.4 Å². The van der Waals surface area contributed by atoms with Crippen molar-refractivity contribution in [2.75, 3.05) is 0 Å². The van der Waals surface area contributed by atoms with Gasteiger partial charge in [-0.3, -0.25) is 4.79 Å². The molecule has 72 valence electrons. The van der Waals surface area contributed by atoms with E-state index >= 15 is 0 Å². The molecule has 1 amide bonds. The molecule has 2 rings (SSSR count). The van der Waals surface area contributed by atoms with Crippen molar-refractivity contribution in [3.05, 3.63) is 0 Å². The number of carbonyl (C=O) groups is 1. The summed E-state index contributed by atoms with van der Waals surface area (Å²) in [6, 6.07) is 0.205. The van der Waals surface area contributed by atoms with Gasteiger partial charge in [-0.05, 0) is 31.5 Å². The van der Waals surface area contributed by atoms with E-state index in [0.717, 1.165) is 19.3 Å². The molecule has 0 aromatic carbocycles. The number of hydrogen-bond acceptors (Lipinski definition) is 2. The molecule has 1 heterocycles. The van der Waals surface area contributed by atoms with E-state index in [0.29, 0.717) is 5.11 Å². The summed E-state index contributed by atoms with van der Waals surface area (Å²) in [5, 5.41) is 6.33. The van der Waals surface area contributed by atoms with Gasteiger partial charge in [0, 0.05) is 11.4 Å². The van der Waals surface area contributed by atoms with E-state index in [9.17, 15) is 4.79 Å². The van der Waals surface area contributed by atoms with Crippen molar-refractivity contribution >= 4 is 34.8 Å². The van der Waals surface area contributed by atoms with Crippen LogP contribution in [0.2, 0.25) is 0 Å². The summed E-state index contributed by atoms with van der Waals surface area (Å²) < 4.78 is 0. The molecule has 0 aromatic heterocycles. The predicted octanol–water partition coefficient (Wildman–Crippen LogP) is 0.767. The zero-order chi connectivity index (χ0) is 9.42. The number of halogens is 1. The topological polar surface area (TPSA) is 41.1 Å². The van der Waals surface area contributed by atoms with Gasteiger partial charge in [-0.15, -0.1) is 11.6 Å². The van der Waals surface area contributed by atoms with Gasteiger partial charge in [0.05, 0.1) is 5.92 Å². The molecular weight excluding hydrogens is 208 g/mol. The fourth-order valence-electron chi connectivity index (χ4n) is 1.99. The van der Waals surface area contributed by atoms with Gasteiger partial charge < -0.3 is 10.6 Å². The van der Waals surface area contributed by atoms with Crippen molar-refractivity contribution < 1.29 is 4.79 Å². The minimum absolute atomic E-state index is 0.00273. The average molecular weight is 219 g/mol. The third kappa shape index (κ3) is 1.79. The molecule has 1 saturated heterocycles. The van der Waals surface area contributed by atoms with E-state index in [4.69, 9.17) is 23.8 Å². The number of alkyl halides is 1. The first-order chi connectivity index (χ1) is 6.16. The summed E-state index contributed by atoms with van der Waals surface area (Å²) in [7, 11) is 0. The molecule has 5 heteroatoms. The number of rotatable bonds is 0. The Morgan fingerprint density at radius 2 is 2.23 bits per heavy atom. The van der Waals surface area contributed by atoms with Crippen LogP contribution in [0, 0.1) is 5.92 Å². The van der Waals surface area contributed by atoms with Crippen molar-refractivity contribution in [1.82, 2.24) is 10.6 Å². The highest BCUT2D eigenvalue weighted by atomic mass is 35.5. The van der Waals surface area contributed by atoms with Gasteiger partial charge in [-0.1, -0.05) is 0 Å². The van der Waals surface area contributed by atoms with Crippen LogP contribution in [-0.2, 0) is 4.79 Å². The van der Waals surface area contributed by atoms with Crippen LogP contribution in [0.3, 0.4) is 0 Å². The van der Waals surface area contributed by atoms with E-state index < -0.39 is 0 Å². The van der Waals surface area contributed by atoms with Gasteiger partial charge in [-0.2, -0.15) is 0 Å². The van der Waals surface area contributed by atoms with Crippen LogP contribution in [0.15, 0.2) is 0 Å². The normalized spacial score (nSPS) is 39.0. The smallest absolute Gasteiger partial charge is 0.231 e. The Balaban J connectivity index is 2.11. The van der Waals surface area contributed by atoms with Crippen LogP contribution in [0.4, 0.5) is 0 Å². The van der Waals surface area contributed by atoms with Gasteiger partial charge in [-0.25, -0.2) is 0 Å². The zero-order valence-electron chi connectivity index (χ0n) is 7.05. The zero-order valence-corrected chi connectivity index (χ0v) is 8.62. The van der Waals surface area contributed by atoms with Crippen molar-refractivity contribution in [2.45, 2.75) is 30.7 Å². The Kier molecular flexibility index (Phi) is 2.43. The second-order valence-electron chi connectivity index (χ2n) is 3.59. The molecule has 0 spiro atoms. The second-order valence-corrected chi connectivity index (χ2v) is 4.61. The minimum atomic E-state index is 0.00273. The predicted molar refractivity (Wildman–Crippen MR) is 54.6 cm³/mol. The van der Waals surface area contributed by atoms with Crippen LogP contribution in [0.5, 0.6) is 0 Å².